The van der Waals surface area contributed by atoms with E-state index >= 15 is 0 Å². The molecule has 0 aliphatic rings. The zero-order valence-electron chi connectivity index (χ0n) is 7.31. The van der Waals surface area contributed by atoms with Crippen molar-refractivity contribution >= 4 is 37.6 Å². The van der Waals surface area contributed by atoms with E-state index in [1.54, 1.807) is 6.92 Å². The Bertz CT molecular complexity index is 300. The molecule has 0 saturated heterocycles. The Labute approximate surface area is 94.8 Å². The lowest BCUT2D eigenvalue weighted by Crippen LogP contribution is -1.93. The lowest BCUT2D eigenvalue weighted by molar-refractivity contribution is -0.116. The second kappa shape index (κ2) is 4.91. The molecule has 0 radical (unpaired) electrons. The Morgan fingerprint density at radius 1 is 1.23 bits per heavy atom. The molecular formula is C10H10Br2O. The van der Waals surface area contributed by atoms with Gasteiger partial charge in [0, 0.05) is 15.4 Å². The van der Waals surface area contributed by atoms with Gasteiger partial charge in [0.1, 0.15) is 5.78 Å². The van der Waals surface area contributed by atoms with Gasteiger partial charge in [-0.2, -0.15) is 0 Å². The van der Waals surface area contributed by atoms with Crippen LogP contribution in [0.25, 0.3) is 0 Å². The highest BCUT2D eigenvalue weighted by Crippen LogP contribution is 2.20. The molecule has 0 bridgehead atoms. The summed E-state index contributed by atoms with van der Waals surface area (Å²) in [6.45, 7) is 1.62. The van der Waals surface area contributed by atoms with E-state index in [4.69, 9.17) is 0 Å². The van der Waals surface area contributed by atoms with Crippen molar-refractivity contribution in [1.82, 2.24) is 0 Å². The van der Waals surface area contributed by atoms with E-state index in [-0.39, 0.29) is 5.78 Å². The number of hydrogen-bond acceptors (Lipinski definition) is 1. The van der Waals surface area contributed by atoms with Crippen molar-refractivity contribution in [2.45, 2.75) is 19.8 Å². The van der Waals surface area contributed by atoms with E-state index in [1.165, 1.54) is 5.56 Å². The number of ketones is 1. The first-order valence-corrected chi connectivity index (χ1v) is 5.61. The van der Waals surface area contributed by atoms with Crippen molar-refractivity contribution in [1.29, 1.82) is 0 Å². The Morgan fingerprint density at radius 2 is 1.77 bits per heavy atom. The number of rotatable bonds is 3. The molecule has 0 N–H and O–H groups in total. The molecule has 0 aromatic heterocycles. The SMILES string of the molecule is CC(=O)CCc1cc(Br)cc(Br)c1. The van der Waals surface area contributed by atoms with Crippen LogP contribution in [0, 0.1) is 0 Å². The van der Waals surface area contributed by atoms with Crippen LogP contribution in [0.1, 0.15) is 18.9 Å². The van der Waals surface area contributed by atoms with E-state index in [2.05, 4.69) is 31.9 Å². The molecule has 0 fully saturated rings. The monoisotopic (exact) mass is 304 g/mol. The average Bonchev–Trinajstić information content (AvgIpc) is 1.99. The highest BCUT2D eigenvalue weighted by atomic mass is 79.9. The number of aryl methyl sites for hydroxylation is 1. The van der Waals surface area contributed by atoms with Crippen LogP contribution in [-0.2, 0) is 11.2 Å². The van der Waals surface area contributed by atoms with Crippen LogP contribution in [-0.4, -0.2) is 5.78 Å². The Kier molecular flexibility index (Phi) is 4.13. The van der Waals surface area contributed by atoms with E-state index in [9.17, 15) is 4.79 Å². The summed E-state index contributed by atoms with van der Waals surface area (Å²) in [7, 11) is 0. The van der Waals surface area contributed by atoms with Crippen molar-refractivity contribution < 1.29 is 4.79 Å². The number of carbonyl (C=O) groups is 1. The minimum absolute atomic E-state index is 0.232. The summed E-state index contributed by atoms with van der Waals surface area (Å²) in [6, 6.07) is 6.05. The van der Waals surface area contributed by atoms with Crippen molar-refractivity contribution in [3.05, 3.63) is 32.7 Å². The molecule has 70 valence electrons. The summed E-state index contributed by atoms with van der Waals surface area (Å²) in [5.74, 6) is 0.232. The molecule has 0 atom stereocenters. The van der Waals surface area contributed by atoms with Gasteiger partial charge in [0.15, 0.2) is 0 Å². The first-order valence-electron chi connectivity index (χ1n) is 4.02. The molecule has 3 heteroatoms. The Balaban J connectivity index is 2.71. The summed E-state index contributed by atoms with van der Waals surface area (Å²) in [5.41, 5.74) is 1.18. The van der Waals surface area contributed by atoms with Gasteiger partial charge in [0.2, 0.25) is 0 Å². The molecule has 0 amide bonds. The van der Waals surface area contributed by atoms with Gasteiger partial charge in [-0.15, -0.1) is 0 Å². The molecule has 0 spiro atoms. The third-order valence-electron chi connectivity index (χ3n) is 1.69. The third-order valence-corrected chi connectivity index (χ3v) is 2.60. The molecule has 1 rings (SSSR count). The summed E-state index contributed by atoms with van der Waals surface area (Å²) in [4.78, 5) is 10.8. The van der Waals surface area contributed by atoms with Crippen LogP contribution < -0.4 is 0 Å². The summed E-state index contributed by atoms with van der Waals surface area (Å²) in [5, 5.41) is 0. The molecule has 0 heterocycles. The van der Waals surface area contributed by atoms with Crippen LogP contribution in [0.3, 0.4) is 0 Å². The fourth-order valence-corrected chi connectivity index (χ4v) is 2.46. The van der Waals surface area contributed by atoms with Crippen molar-refractivity contribution in [3.63, 3.8) is 0 Å². The number of Topliss-reactive ketones (excluding diaryl/α,β-unsaturated/α-hetero) is 1. The largest absolute Gasteiger partial charge is 0.300 e. The molecule has 13 heavy (non-hydrogen) atoms. The highest BCUT2D eigenvalue weighted by molar-refractivity contribution is 9.11. The predicted octanol–water partition coefficient (Wildman–Crippen LogP) is 3.73. The van der Waals surface area contributed by atoms with Crippen LogP contribution in [0.5, 0.6) is 0 Å². The average molecular weight is 306 g/mol. The molecule has 0 saturated carbocycles. The molecule has 0 unspecified atom stereocenters. The van der Waals surface area contributed by atoms with Gasteiger partial charge >= 0.3 is 0 Å². The fraction of sp³-hybridized carbons (Fsp3) is 0.300. The molecule has 0 aliphatic carbocycles. The Morgan fingerprint density at radius 3 is 2.23 bits per heavy atom. The first kappa shape index (κ1) is 10.9. The molecule has 1 aromatic carbocycles. The van der Waals surface area contributed by atoms with E-state index in [0.29, 0.717) is 6.42 Å². The quantitative estimate of drug-likeness (QED) is 0.831. The standard InChI is InChI=1S/C10H10Br2O/c1-7(13)2-3-8-4-9(11)6-10(12)5-8/h4-6H,2-3H2,1H3. The summed E-state index contributed by atoms with van der Waals surface area (Å²) < 4.78 is 2.08. The zero-order valence-corrected chi connectivity index (χ0v) is 10.5. The third kappa shape index (κ3) is 4.05. The number of hydrogen-bond donors (Lipinski definition) is 0. The van der Waals surface area contributed by atoms with Gasteiger partial charge in [-0.05, 0) is 37.1 Å². The Hall–Kier alpha value is -0.150. The summed E-state index contributed by atoms with van der Waals surface area (Å²) in [6.07, 6.45) is 1.43. The zero-order chi connectivity index (χ0) is 9.84. The topological polar surface area (TPSA) is 17.1 Å². The van der Waals surface area contributed by atoms with Gasteiger partial charge < -0.3 is 4.79 Å². The smallest absolute Gasteiger partial charge is 0.130 e. The first-order chi connectivity index (χ1) is 6.08. The lowest BCUT2D eigenvalue weighted by atomic mass is 10.1. The molecule has 1 nitrogen and oxygen atoms in total. The maximum atomic E-state index is 10.8. The minimum Gasteiger partial charge on any atom is -0.300 e. The predicted molar refractivity (Wildman–Crippen MR) is 60.8 cm³/mol. The number of carbonyl (C=O) groups excluding carboxylic acids is 1. The fourth-order valence-electron chi connectivity index (χ4n) is 1.08. The second-order valence-corrected chi connectivity index (χ2v) is 4.81. The number of benzene rings is 1. The minimum atomic E-state index is 0.232. The lowest BCUT2D eigenvalue weighted by Gasteiger charge is -2.01. The van der Waals surface area contributed by atoms with Crippen molar-refractivity contribution in [2.75, 3.05) is 0 Å². The van der Waals surface area contributed by atoms with E-state index in [1.807, 2.05) is 18.2 Å². The van der Waals surface area contributed by atoms with Gasteiger partial charge in [0.05, 0.1) is 0 Å². The second-order valence-electron chi connectivity index (χ2n) is 2.98. The van der Waals surface area contributed by atoms with Crippen LogP contribution in [0.4, 0.5) is 0 Å². The van der Waals surface area contributed by atoms with Gasteiger partial charge in [0.25, 0.3) is 0 Å². The van der Waals surface area contributed by atoms with E-state index in [0.717, 1.165) is 15.4 Å². The normalized spacial score (nSPS) is 10.1. The van der Waals surface area contributed by atoms with Crippen LogP contribution >= 0.6 is 31.9 Å². The maximum absolute atomic E-state index is 10.8. The van der Waals surface area contributed by atoms with Gasteiger partial charge in [-0.3, -0.25) is 0 Å². The summed E-state index contributed by atoms with van der Waals surface area (Å²) >= 11 is 6.81. The molecule has 1 aromatic rings. The van der Waals surface area contributed by atoms with Crippen LogP contribution in [0.2, 0.25) is 0 Å². The van der Waals surface area contributed by atoms with E-state index < -0.39 is 0 Å². The molecular weight excluding hydrogens is 296 g/mol. The van der Waals surface area contributed by atoms with Gasteiger partial charge in [-0.1, -0.05) is 31.9 Å². The highest BCUT2D eigenvalue weighted by Gasteiger charge is 1.99. The number of halogens is 2. The van der Waals surface area contributed by atoms with Crippen molar-refractivity contribution in [3.8, 4) is 0 Å². The van der Waals surface area contributed by atoms with Gasteiger partial charge in [-0.25, -0.2) is 0 Å². The van der Waals surface area contributed by atoms with Crippen LogP contribution in [0.15, 0.2) is 27.1 Å². The molecule has 0 aliphatic heterocycles. The van der Waals surface area contributed by atoms with Crippen molar-refractivity contribution in [2.24, 2.45) is 0 Å². The maximum Gasteiger partial charge on any atom is 0.130 e.